The van der Waals surface area contributed by atoms with Crippen LogP contribution in [0.2, 0.25) is 0 Å². The lowest BCUT2D eigenvalue weighted by Gasteiger charge is -2.21. The monoisotopic (exact) mass is 439 g/mol. The zero-order chi connectivity index (χ0) is 23.1. The van der Waals surface area contributed by atoms with Crippen molar-refractivity contribution in [3.05, 3.63) is 60.2 Å². The Kier molecular flexibility index (Phi) is 7.56. The van der Waals surface area contributed by atoms with Gasteiger partial charge in [-0.1, -0.05) is 18.2 Å². The number of esters is 1. The van der Waals surface area contributed by atoms with E-state index in [-0.39, 0.29) is 26.2 Å². The van der Waals surface area contributed by atoms with Crippen molar-refractivity contribution in [1.82, 2.24) is 4.90 Å². The van der Waals surface area contributed by atoms with Crippen LogP contribution in [0.15, 0.2) is 54.6 Å². The molecule has 32 heavy (non-hydrogen) atoms. The second-order valence-corrected chi connectivity index (χ2v) is 7.04. The maximum absolute atomic E-state index is 13.1. The van der Waals surface area contributed by atoms with Gasteiger partial charge in [-0.3, -0.25) is 9.59 Å². The third-order valence-corrected chi connectivity index (χ3v) is 4.93. The maximum Gasteiger partial charge on any atom is 0.338 e. The van der Waals surface area contributed by atoms with Gasteiger partial charge in [0, 0.05) is 19.3 Å². The molecule has 1 fully saturated rings. The van der Waals surface area contributed by atoms with Gasteiger partial charge in [0.15, 0.2) is 0 Å². The van der Waals surface area contributed by atoms with Gasteiger partial charge < -0.3 is 19.7 Å². The van der Waals surface area contributed by atoms with E-state index in [2.05, 4.69) is 5.32 Å². The number of hydrogen-bond acceptors (Lipinski definition) is 6. The third kappa shape index (κ3) is 5.12. The first-order valence-corrected chi connectivity index (χ1v) is 10.2. The van der Waals surface area contributed by atoms with Gasteiger partial charge in [-0.25, -0.2) is 14.5 Å². The first-order valence-electron chi connectivity index (χ1n) is 10.2. The van der Waals surface area contributed by atoms with Crippen LogP contribution in [0.4, 0.5) is 16.2 Å². The van der Waals surface area contributed by atoms with Crippen molar-refractivity contribution in [3.8, 4) is 0 Å². The topological polar surface area (TPSA) is 105 Å². The van der Waals surface area contributed by atoms with Crippen LogP contribution in [-0.4, -0.2) is 61.6 Å². The van der Waals surface area contributed by atoms with E-state index in [1.54, 1.807) is 61.5 Å². The van der Waals surface area contributed by atoms with Gasteiger partial charge in [-0.05, 0) is 43.3 Å². The van der Waals surface area contributed by atoms with E-state index >= 15 is 0 Å². The molecule has 0 aliphatic carbocycles. The molecule has 1 aliphatic heterocycles. The summed E-state index contributed by atoms with van der Waals surface area (Å²) in [4.78, 5) is 52.8. The minimum Gasteiger partial charge on any atom is -0.462 e. The number of hydrogen-bond donors (Lipinski definition) is 1. The van der Waals surface area contributed by atoms with Crippen LogP contribution in [0.25, 0.3) is 0 Å². The summed E-state index contributed by atoms with van der Waals surface area (Å²) in [5, 5.41) is 2.70. The van der Waals surface area contributed by atoms with E-state index in [1.807, 2.05) is 0 Å². The lowest BCUT2D eigenvalue weighted by molar-refractivity contribution is -0.124. The number of benzene rings is 2. The van der Waals surface area contributed by atoms with Crippen molar-refractivity contribution in [2.75, 3.05) is 37.1 Å². The van der Waals surface area contributed by atoms with Gasteiger partial charge in [0.05, 0.1) is 30.9 Å². The summed E-state index contributed by atoms with van der Waals surface area (Å²) in [7, 11) is 1.50. The number of para-hydroxylation sites is 1. The van der Waals surface area contributed by atoms with Crippen LogP contribution in [-0.2, 0) is 19.1 Å². The molecule has 0 spiro atoms. The van der Waals surface area contributed by atoms with E-state index in [0.29, 0.717) is 16.9 Å². The summed E-state index contributed by atoms with van der Waals surface area (Å²) in [5.74, 6) is -1.35. The van der Waals surface area contributed by atoms with Crippen LogP contribution >= 0.6 is 0 Å². The van der Waals surface area contributed by atoms with Crippen LogP contribution in [0.1, 0.15) is 23.7 Å². The fourth-order valence-electron chi connectivity index (χ4n) is 3.38. The molecule has 1 aliphatic rings. The molecule has 1 saturated heterocycles. The predicted octanol–water partition coefficient (Wildman–Crippen LogP) is 2.68. The molecule has 4 amide bonds. The lowest BCUT2D eigenvalue weighted by Crippen LogP contribution is -2.39. The highest BCUT2D eigenvalue weighted by Crippen LogP contribution is 2.27. The summed E-state index contributed by atoms with van der Waals surface area (Å²) < 4.78 is 10.00. The van der Waals surface area contributed by atoms with Crippen LogP contribution in [0.3, 0.4) is 0 Å². The van der Waals surface area contributed by atoms with Crippen molar-refractivity contribution in [2.45, 2.75) is 19.4 Å². The molecule has 1 atom stereocenters. The number of anilines is 2. The minimum atomic E-state index is -0.948. The molecular weight excluding hydrogens is 414 g/mol. The van der Waals surface area contributed by atoms with Crippen molar-refractivity contribution < 1.29 is 28.7 Å². The average molecular weight is 439 g/mol. The fraction of sp³-hybridized carbons (Fsp3) is 0.304. The Bertz CT molecular complexity index is 977. The molecule has 9 heteroatoms. The molecule has 2 aromatic rings. The largest absolute Gasteiger partial charge is 0.462 e. The van der Waals surface area contributed by atoms with E-state index in [0.717, 1.165) is 4.90 Å². The molecule has 0 unspecified atom stereocenters. The number of ether oxygens (including phenoxy) is 2. The fourth-order valence-corrected chi connectivity index (χ4v) is 3.38. The number of carbonyl (C=O) groups excluding carboxylic acids is 4. The highest BCUT2D eigenvalue weighted by molar-refractivity contribution is 6.22. The molecule has 2 aromatic carbocycles. The number of amides is 4. The van der Waals surface area contributed by atoms with Crippen LogP contribution < -0.4 is 10.2 Å². The van der Waals surface area contributed by atoms with Crippen LogP contribution in [0.5, 0.6) is 0 Å². The minimum absolute atomic E-state index is 0.177. The summed E-state index contributed by atoms with van der Waals surface area (Å²) in [6.45, 7) is 2.40. The molecule has 0 radical (unpaired) electrons. The summed E-state index contributed by atoms with van der Waals surface area (Å²) in [6.07, 6.45) is -0.211. The van der Waals surface area contributed by atoms with E-state index in [9.17, 15) is 19.2 Å². The van der Waals surface area contributed by atoms with Crippen LogP contribution in [0, 0.1) is 0 Å². The summed E-state index contributed by atoms with van der Waals surface area (Å²) in [6, 6.07) is 13.4. The second-order valence-electron chi connectivity index (χ2n) is 7.04. The average Bonchev–Trinajstić information content (AvgIpc) is 3.02. The van der Waals surface area contributed by atoms with Gasteiger partial charge in [-0.2, -0.15) is 0 Å². The molecule has 0 saturated carbocycles. The Morgan fingerprint density at radius 3 is 2.34 bits per heavy atom. The van der Waals surface area contributed by atoms with E-state index in [4.69, 9.17) is 9.47 Å². The van der Waals surface area contributed by atoms with Gasteiger partial charge in [-0.15, -0.1) is 0 Å². The first kappa shape index (κ1) is 23.0. The molecular formula is C23H25N3O6. The molecule has 0 aromatic heterocycles. The standard InChI is InChI=1S/C23H25N3O6/c1-3-32-22(29)16-9-11-17(12-10-16)24-20(27)15-19-21(28)26(18-7-5-4-6-8-18)23(30)25(19)13-14-31-2/h4-12,19H,3,13-15H2,1-2H3,(H,24,27)/t19-/m0/s1. The molecule has 0 bridgehead atoms. The zero-order valence-corrected chi connectivity index (χ0v) is 17.9. The Labute approximate surface area is 185 Å². The third-order valence-electron chi connectivity index (χ3n) is 4.93. The number of imide groups is 1. The smallest absolute Gasteiger partial charge is 0.338 e. The Morgan fingerprint density at radius 1 is 1.03 bits per heavy atom. The number of nitrogens with zero attached hydrogens (tertiary/aromatic N) is 2. The van der Waals surface area contributed by atoms with Gasteiger partial charge in [0.2, 0.25) is 5.91 Å². The Morgan fingerprint density at radius 2 is 1.72 bits per heavy atom. The van der Waals surface area contributed by atoms with Gasteiger partial charge >= 0.3 is 12.0 Å². The number of rotatable bonds is 9. The van der Waals surface area contributed by atoms with Gasteiger partial charge in [0.1, 0.15) is 6.04 Å². The summed E-state index contributed by atoms with van der Waals surface area (Å²) in [5.41, 5.74) is 1.27. The zero-order valence-electron chi connectivity index (χ0n) is 17.9. The predicted molar refractivity (Wildman–Crippen MR) is 117 cm³/mol. The maximum atomic E-state index is 13.1. The van der Waals surface area contributed by atoms with Crippen molar-refractivity contribution in [2.24, 2.45) is 0 Å². The molecule has 1 N–H and O–H groups in total. The number of methoxy groups -OCH3 is 1. The molecule has 168 valence electrons. The second kappa shape index (κ2) is 10.5. The van der Waals surface area contributed by atoms with Gasteiger partial charge in [0.25, 0.3) is 5.91 Å². The Balaban J connectivity index is 1.72. The quantitative estimate of drug-likeness (QED) is 0.476. The van der Waals surface area contributed by atoms with Crippen molar-refractivity contribution in [1.29, 1.82) is 0 Å². The lowest BCUT2D eigenvalue weighted by atomic mass is 10.1. The van der Waals surface area contributed by atoms with Crippen molar-refractivity contribution >= 4 is 35.2 Å². The first-order chi connectivity index (χ1) is 15.5. The SMILES string of the molecule is CCOC(=O)c1ccc(NC(=O)C[C@H]2C(=O)N(c3ccccc3)C(=O)N2CCOC)cc1. The van der Waals surface area contributed by atoms with Crippen molar-refractivity contribution in [3.63, 3.8) is 0 Å². The number of nitrogens with one attached hydrogen (secondary N) is 1. The highest BCUT2D eigenvalue weighted by atomic mass is 16.5. The van der Waals surface area contributed by atoms with E-state index < -0.39 is 29.9 Å². The molecule has 1 heterocycles. The Hall–Kier alpha value is -3.72. The molecule has 9 nitrogen and oxygen atoms in total. The normalized spacial score (nSPS) is 15.8. The summed E-state index contributed by atoms with van der Waals surface area (Å²) >= 11 is 0. The van der Waals surface area contributed by atoms with E-state index in [1.165, 1.54) is 12.0 Å². The highest BCUT2D eigenvalue weighted by Gasteiger charge is 2.46. The number of urea groups is 1. The molecule has 3 rings (SSSR count). The number of carbonyl (C=O) groups is 4.